The maximum Gasteiger partial charge on any atom is 0.325 e. The van der Waals surface area contributed by atoms with Gasteiger partial charge in [0.15, 0.2) is 0 Å². The summed E-state index contributed by atoms with van der Waals surface area (Å²) in [7, 11) is 0. The molecule has 0 aromatic rings. The van der Waals surface area contributed by atoms with Crippen molar-refractivity contribution in [3.63, 3.8) is 0 Å². The van der Waals surface area contributed by atoms with E-state index in [-0.39, 0.29) is 18.4 Å². The van der Waals surface area contributed by atoms with Crippen LogP contribution in [0.1, 0.15) is 51.9 Å². The number of amides is 4. The second kappa shape index (κ2) is 5.31. The Morgan fingerprint density at radius 1 is 1.29 bits per heavy atom. The van der Waals surface area contributed by atoms with Gasteiger partial charge in [-0.1, -0.05) is 19.3 Å². The summed E-state index contributed by atoms with van der Waals surface area (Å²) in [5, 5.41) is 2.41. The summed E-state index contributed by atoms with van der Waals surface area (Å²) in [6, 6.07) is -0.0618. The molecule has 6 heteroatoms. The number of hydrogen-bond donors (Lipinski definition) is 1. The lowest BCUT2D eigenvalue weighted by Crippen LogP contribution is -2.54. The van der Waals surface area contributed by atoms with E-state index < -0.39 is 11.6 Å². The van der Waals surface area contributed by atoms with Gasteiger partial charge in [-0.25, -0.2) is 4.79 Å². The zero-order valence-electron chi connectivity index (χ0n) is 12.6. The van der Waals surface area contributed by atoms with Gasteiger partial charge in [-0.2, -0.15) is 0 Å². The molecule has 0 aromatic heterocycles. The second-order valence-electron chi connectivity index (χ2n) is 6.35. The summed E-state index contributed by atoms with van der Waals surface area (Å²) in [4.78, 5) is 40.2. The molecule has 2 saturated carbocycles. The van der Waals surface area contributed by atoms with Crippen LogP contribution in [0, 0.1) is 0 Å². The number of imide groups is 1. The Labute approximate surface area is 124 Å². The van der Waals surface area contributed by atoms with Crippen LogP contribution < -0.4 is 5.32 Å². The molecule has 1 saturated heterocycles. The van der Waals surface area contributed by atoms with Gasteiger partial charge in [0, 0.05) is 12.6 Å². The number of nitrogens with zero attached hydrogens (tertiary/aromatic N) is 2. The normalized spacial score (nSPS) is 24.3. The van der Waals surface area contributed by atoms with Crippen LogP contribution in [-0.4, -0.2) is 52.3 Å². The third-order valence-corrected chi connectivity index (χ3v) is 5.03. The third kappa shape index (κ3) is 2.40. The molecule has 0 atom stereocenters. The number of carbonyl (C=O) groups excluding carboxylic acids is 3. The molecule has 2 aliphatic carbocycles. The summed E-state index contributed by atoms with van der Waals surface area (Å²) in [6.07, 6.45) is 6.41. The fourth-order valence-electron chi connectivity index (χ4n) is 3.71. The third-order valence-electron chi connectivity index (χ3n) is 5.03. The average molecular weight is 293 g/mol. The number of carbonyl (C=O) groups is 3. The van der Waals surface area contributed by atoms with Crippen LogP contribution in [0.3, 0.4) is 0 Å². The van der Waals surface area contributed by atoms with E-state index in [1.807, 2.05) is 11.8 Å². The largest absolute Gasteiger partial charge is 0.338 e. The smallest absolute Gasteiger partial charge is 0.325 e. The number of likely N-dealkylation sites (N-methyl/N-ethyl adjacent to an activating group) is 1. The standard InChI is InChI=1S/C15H23N3O3/c1-2-17(11-6-7-11)12(19)10-18-14(21)16-13(20)15(18)8-4-3-5-9-15/h11H,2-10H2,1H3,(H,16,20,21). The van der Waals surface area contributed by atoms with Gasteiger partial charge < -0.3 is 9.80 Å². The summed E-state index contributed by atoms with van der Waals surface area (Å²) < 4.78 is 0. The van der Waals surface area contributed by atoms with Gasteiger partial charge in [-0.05, 0) is 32.6 Å². The Bertz CT molecular complexity index is 467. The molecule has 3 fully saturated rings. The van der Waals surface area contributed by atoms with E-state index in [1.165, 1.54) is 4.90 Å². The lowest BCUT2D eigenvalue weighted by atomic mass is 9.80. The van der Waals surface area contributed by atoms with Gasteiger partial charge in [0.2, 0.25) is 5.91 Å². The Morgan fingerprint density at radius 2 is 1.95 bits per heavy atom. The molecule has 1 N–H and O–H groups in total. The lowest BCUT2D eigenvalue weighted by Gasteiger charge is -2.38. The molecular weight excluding hydrogens is 270 g/mol. The first-order valence-electron chi connectivity index (χ1n) is 8.01. The first-order chi connectivity index (χ1) is 10.1. The minimum Gasteiger partial charge on any atom is -0.338 e. The van der Waals surface area contributed by atoms with E-state index in [4.69, 9.17) is 0 Å². The molecule has 0 bridgehead atoms. The van der Waals surface area contributed by atoms with Crippen LogP contribution in [0.2, 0.25) is 0 Å². The highest BCUT2D eigenvalue weighted by Crippen LogP contribution is 2.37. The maximum atomic E-state index is 12.5. The molecule has 1 aliphatic heterocycles. The van der Waals surface area contributed by atoms with Gasteiger partial charge >= 0.3 is 6.03 Å². The van der Waals surface area contributed by atoms with E-state index >= 15 is 0 Å². The van der Waals surface area contributed by atoms with Crippen LogP contribution >= 0.6 is 0 Å². The minimum absolute atomic E-state index is 0.0297. The van der Waals surface area contributed by atoms with E-state index in [9.17, 15) is 14.4 Å². The fraction of sp³-hybridized carbons (Fsp3) is 0.800. The maximum absolute atomic E-state index is 12.5. The Kier molecular flexibility index (Phi) is 3.63. The molecule has 21 heavy (non-hydrogen) atoms. The van der Waals surface area contributed by atoms with Crippen molar-refractivity contribution in [1.29, 1.82) is 0 Å². The van der Waals surface area contributed by atoms with Gasteiger partial charge in [-0.15, -0.1) is 0 Å². The molecule has 0 radical (unpaired) electrons. The summed E-state index contributed by atoms with van der Waals surface area (Å²) in [6.45, 7) is 2.66. The van der Waals surface area contributed by atoms with Crippen molar-refractivity contribution in [2.24, 2.45) is 0 Å². The van der Waals surface area contributed by atoms with Crippen molar-refractivity contribution in [2.45, 2.75) is 63.5 Å². The SMILES string of the molecule is CCN(C(=O)CN1C(=O)NC(=O)C12CCCCC2)C1CC1. The molecule has 6 nitrogen and oxygen atoms in total. The van der Waals surface area contributed by atoms with Gasteiger partial charge in [0.1, 0.15) is 12.1 Å². The Balaban J connectivity index is 1.76. The minimum atomic E-state index is -0.770. The van der Waals surface area contributed by atoms with Gasteiger partial charge in [-0.3, -0.25) is 14.9 Å². The first kappa shape index (κ1) is 14.4. The van der Waals surface area contributed by atoms with Crippen molar-refractivity contribution in [3.8, 4) is 0 Å². The molecular formula is C15H23N3O3. The second-order valence-corrected chi connectivity index (χ2v) is 6.35. The van der Waals surface area contributed by atoms with Crippen LogP contribution in [0.4, 0.5) is 4.79 Å². The number of hydrogen-bond acceptors (Lipinski definition) is 3. The van der Waals surface area contributed by atoms with Crippen molar-refractivity contribution in [3.05, 3.63) is 0 Å². The molecule has 116 valence electrons. The Hall–Kier alpha value is -1.59. The van der Waals surface area contributed by atoms with Crippen LogP contribution in [0.25, 0.3) is 0 Å². The topological polar surface area (TPSA) is 69.7 Å². The zero-order valence-corrected chi connectivity index (χ0v) is 12.6. The lowest BCUT2D eigenvalue weighted by molar-refractivity contribution is -0.135. The summed E-state index contributed by atoms with van der Waals surface area (Å²) in [5.41, 5.74) is -0.770. The first-order valence-corrected chi connectivity index (χ1v) is 8.01. The highest BCUT2D eigenvalue weighted by molar-refractivity contribution is 6.08. The van der Waals surface area contributed by atoms with Crippen molar-refractivity contribution in [2.75, 3.05) is 13.1 Å². The quantitative estimate of drug-likeness (QED) is 0.793. The summed E-state index contributed by atoms with van der Waals surface area (Å²) in [5.74, 6) is -0.246. The zero-order chi connectivity index (χ0) is 15.0. The van der Waals surface area contributed by atoms with Crippen molar-refractivity contribution >= 4 is 17.8 Å². The van der Waals surface area contributed by atoms with Crippen molar-refractivity contribution in [1.82, 2.24) is 15.1 Å². The fourth-order valence-corrected chi connectivity index (χ4v) is 3.71. The molecule has 0 aromatic carbocycles. The van der Waals surface area contributed by atoms with E-state index in [2.05, 4.69) is 5.32 Å². The highest BCUT2D eigenvalue weighted by atomic mass is 16.2. The van der Waals surface area contributed by atoms with Crippen LogP contribution in [0.15, 0.2) is 0 Å². The van der Waals surface area contributed by atoms with Gasteiger partial charge in [0.25, 0.3) is 5.91 Å². The van der Waals surface area contributed by atoms with Gasteiger partial charge in [0.05, 0.1) is 0 Å². The van der Waals surface area contributed by atoms with Crippen molar-refractivity contribution < 1.29 is 14.4 Å². The highest BCUT2D eigenvalue weighted by Gasteiger charge is 2.53. The molecule has 3 aliphatic rings. The van der Waals surface area contributed by atoms with Crippen LogP contribution in [0.5, 0.6) is 0 Å². The number of urea groups is 1. The molecule has 0 unspecified atom stereocenters. The number of rotatable bonds is 4. The predicted octanol–water partition coefficient (Wildman–Crippen LogP) is 1.25. The average Bonchev–Trinajstić information content (AvgIpc) is 3.27. The van der Waals surface area contributed by atoms with E-state index in [0.717, 1.165) is 32.1 Å². The van der Waals surface area contributed by atoms with E-state index in [1.54, 1.807) is 0 Å². The Morgan fingerprint density at radius 3 is 2.52 bits per heavy atom. The van der Waals surface area contributed by atoms with E-state index in [0.29, 0.717) is 25.4 Å². The monoisotopic (exact) mass is 293 g/mol. The number of nitrogens with one attached hydrogen (secondary N) is 1. The molecule has 4 amide bonds. The molecule has 1 heterocycles. The molecule has 1 spiro atoms. The summed E-state index contributed by atoms with van der Waals surface area (Å²) >= 11 is 0. The van der Waals surface area contributed by atoms with Crippen LogP contribution in [-0.2, 0) is 9.59 Å². The predicted molar refractivity (Wildman–Crippen MR) is 76.5 cm³/mol. The molecule has 3 rings (SSSR count).